The number of nitrogens with zero attached hydrogens (tertiary/aromatic N) is 1. The van der Waals surface area contributed by atoms with Crippen molar-refractivity contribution >= 4 is 0 Å². The summed E-state index contributed by atoms with van der Waals surface area (Å²) < 4.78 is 13.5. The van der Waals surface area contributed by atoms with Crippen molar-refractivity contribution in [3.63, 3.8) is 0 Å². The van der Waals surface area contributed by atoms with Gasteiger partial charge in [-0.05, 0) is 38.9 Å². The van der Waals surface area contributed by atoms with Crippen LogP contribution in [0, 0.1) is 0 Å². The van der Waals surface area contributed by atoms with E-state index in [9.17, 15) is 4.39 Å². The number of piperidine rings is 2. The van der Waals surface area contributed by atoms with E-state index in [0.29, 0.717) is 6.54 Å². The number of nitrogens with one attached hydrogen (secondary N) is 1. The highest BCUT2D eigenvalue weighted by atomic mass is 19.1. The molecule has 0 aromatic carbocycles. The monoisotopic (exact) mass is 186 g/mol. The molecule has 0 bridgehead atoms. The normalized spacial score (nSPS) is 37.6. The van der Waals surface area contributed by atoms with Gasteiger partial charge in [-0.2, -0.15) is 0 Å². The fourth-order valence-corrected chi connectivity index (χ4v) is 2.47. The molecule has 2 aliphatic rings. The summed E-state index contributed by atoms with van der Waals surface area (Å²) in [7, 11) is 0. The van der Waals surface area contributed by atoms with Crippen LogP contribution in [-0.4, -0.2) is 43.3 Å². The first-order valence-corrected chi connectivity index (χ1v) is 5.47. The van der Waals surface area contributed by atoms with E-state index >= 15 is 0 Å². The Morgan fingerprint density at radius 2 is 1.92 bits per heavy atom. The molecule has 0 amide bonds. The molecule has 2 rings (SSSR count). The highest BCUT2D eigenvalue weighted by molar-refractivity contribution is 4.86. The third-order valence-corrected chi connectivity index (χ3v) is 3.23. The van der Waals surface area contributed by atoms with E-state index in [1.54, 1.807) is 0 Å². The van der Waals surface area contributed by atoms with Gasteiger partial charge in [0.2, 0.25) is 0 Å². The molecule has 0 saturated carbocycles. The molecule has 2 aliphatic heterocycles. The predicted octanol–water partition coefficient (Wildman–Crippen LogP) is 1.17. The van der Waals surface area contributed by atoms with E-state index in [1.807, 2.05) is 0 Å². The van der Waals surface area contributed by atoms with Crippen molar-refractivity contribution in [3.8, 4) is 0 Å². The molecule has 76 valence electrons. The van der Waals surface area contributed by atoms with Gasteiger partial charge in [-0.1, -0.05) is 6.42 Å². The van der Waals surface area contributed by atoms with Crippen LogP contribution in [0.15, 0.2) is 0 Å². The van der Waals surface area contributed by atoms with Crippen LogP contribution in [0.5, 0.6) is 0 Å². The van der Waals surface area contributed by atoms with E-state index in [1.165, 1.54) is 19.3 Å². The molecular formula is C10H19FN2. The van der Waals surface area contributed by atoms with Crippen LogP contribution >= 0.6 is 0 Å². The second-order valence-corrected chi connectivity index (χ2v) is 4.17. The summed E-state index contributed by atoms with van der Waals surface area (Å²) >= 11 is 0. The lowest BCUT2D eigenvalue weighted by molar-refractivity contribution is 0.0694. The van der Waals surface area contributed by atoms with Gasteiger partial charge in [-0.15, -0.1) is 0 Å². The third kappa shape index (κ3) is 2.20. The van der Waals surface area contributed by atoms with Crippen LogP contribution < -0.4 is 5.32 Å². The zero-order valence-corrected chi connectivity index (χ0v) is 8.14. The number of hydrogen-bond acceptors (Lipinski definition) is 2. The Hall–Kier alpha value is -0.150. The maximum Gasteiger partial charge on any atom is 0.128 e. The topological polar surface area (TPSA) is 15.3 Å². The van der Waals surface area contributed by atoms with Crippen LogP contribution in [0.25, 0.3) is 0 Å². The molecular weight excluding hydrogens is 167 g/mol. The minimum atomic E-state index is -0.646. The summed E-state index contributed by atoms with van der Waals surface area (Å²) in [4.78, 5) is 2.36. The molecule has 0 aliphatic carbocycles. The predicted molar refractivity (Wildman–Crippen MR) is 51.6 cm³/mol. The van der Waals surface area contributed by atoms with Gasteiger partial charge in [0.15, 0.2) is 0 Å². The molecule has 2 heterocycles. The molecule has 0 spiro atoms. The zero-order valence-electron chi connectivity index (χ0n) is 8.14. The standard InChI is InChI=1S/C10H19FN2/c11-9-8-12-5-4-10(9)13-6-2-1-3-7-13/h9-10,12H,1-8H2/t9-,10-/m0/s1. The number of hydrogen-bond donors (Lipinski definition) is 1. The average Bonchev–Trinajstić information content (AvgIpc) is 2.20. The molecule has 2 nitrogen and oxygen atoms in total. The fourth-order valence-electron chi connectivity index (χ4n) is 2.47. The first-order chi connectivity index (χ1) is 6.38. The summed E-state index contributed by atoms with van der Waals surface area (Å²) in [6.45, 7) is 3.78. The summed E-state index contributed by atoms with van der Waals surface area (Å²) in [5.74, 6) is 0. The minimum Gasteiger partial charge on any atom is -0.314 e. The molecule has 0 unspecified atom stereocenters. The number of likely N-dealkylation sites (tertiary alicyclic amines) is 1. The van der Waals surface area contributed by atoms with Gasteiger partial charge in [0.05, 0.1) is 0 Å². The Morgan fingerprint density at radius 1 is 1.15 bits per heavy atom. The summed E-state index contributed by atoms with van der Waals surface area (Å²) in [6, 6.07) is 0.210. The smallest absolute Gasteiger partial charge is 0.128 e. The van der Waals surface area contributed by atoms with Gasteiger partial charge in [0, 0.05) is 12.6 Å². The first kappa shape index (κ1) is 9.41. The largest absolute Gasteiger partial charge is 0.314 e. The van der Waals surface area contributed by atoms with Gasteiger partial charge in [0.25, 0.3) is 0 Å². The van der Waals surface area contributed by atoms with Crippen molar-refractivity contribution in [1.82, 2.24) is 10.2 Å². The van der Waals surface area contributed by atoms with E-state index in [2.05, 4.69) is 10.2 Å². The van der Waals surface area contributed by atoms with Crippen LogP contribution in [0.1, 0.15) is 25.7 Å². The van der Waals surface area contributed by atoms with Crippen LogP contribution in [0.3, 0.4) is 0 Å². The summed E-state index contributed by atoms with van der Waals surface area (Å²) in [5.41, 5.74) is 0. The summed E-state index contributed by atoms with van der Waals surface area (Å²) in [6.07, 6.45) is 4.19. The second kappa shape index (κ2) is 4.38. The molecule has 3 heteroatoms. The highest BCUT2D eigenvalue weighted by Gasteiger charge is 2.30. The van der Waals surface area contributed by atoms with Crippen molar-refractivity contribution in [2.24, 2.45) is 0 Å². The number of alkyl halides is 1. The SMILES string of the molecule is F[C@H]1CNCC[C@@H]1N1CCCCC1. The van der Waals surface area contributed by atoms with Crippen molar-refractivity contribution < 1.29 is 4.39 Å². The van der Waals surface area contributed by atoms with Crippen LogP contribution in [0.2, 0.25) is 0 Å². The molecule has 2 atom stereocenters. The van der Waals surface area contributed by atoms with Crippen molar-refractivity contribution in [2.75, 3.05) is 26.2 Å². The molecule has 0 aromatic heterocycles. The maximum absolute atomic E-state index is 13.5. The Morgan fingerprint density at radius 3 is 2.62 bits per heavy atom. The van der Waals surface area contributed by atoms with Crippen molar-refractivity contribution in [3.05, 3.63) is 0 Å². The Labute approximate surface area is 79.5 Å². The molecule has 13 heavy (non-hydrogen) atoms. The van der Waals surface area contributed by atoms with E-state index in [4.69, 9.17) is 0 Å². The van der Waals surface area contributed by atoms with Crippen molar-refractivity contribution in [2.45, 2.75) is 37.9 Å². The molecule has 0 radical (unpaired) electrons. The Balaban J connectivity index is 1.88. The van der Waals surface area contributed by atoms with Crippen LogP contribution in [0.4, 0.5) is 4.39 Å². The number of rotatable bonds is 1. The lowest BCUT2D eigenvalue weighted by Crippen LogP contribution is -2.52. The average molecular weight is 186 g/mol. The third-order valence-electron chi connectivity index (χ3n) is 3.23. The van der Waals surface area contributed by atoms with Gasteiger partial charge in [-0.25, -0.2) is 4.39 Å². The molecule has 0 aromatic rings. The fraction of sp³-hybridized carbons (Fsp3) is 1.00. The van der Waals surface area contributed by atoms with Gasteiger partial charge < -0.3 is 5.32 Å². The lowest BCUT2D eigenvalue weighted by Gasteiger charge is -2.38. The quantitative estimate of drug-likeness (QED) is 0.661. The highest BCUT2D eigenvalue weighted by Crippen LogP contribution is 2.19. The Kier molecular flexibility index (Phi) is 3.17. The molecule has 2 fully saturated rings. The van der Waals surface area contributed by atoms with Gasteiger partial charge >= 0.3 is 0 Å². The number of halogens is 1. The van der Waals surface area contributed by atoms with E-state index in [0.717, 1.165) is 26.1 Å². The maximum atomic E-state index is 13.5. The van der Waals surface area contributed by atoms with E-state index < -0.39 is 6.17 Å². The molecule has 2 saturated heterocycles. The summed E-state index contributed by atoms with van der Waals surface area (Å²) in [5, 5.41) is 3.10. The van der Waals surface area contributed by atoms with Gasteiger partial charge in [-0.3, -0.25) is 4.90 Å². The van der Waals surface area contributed by atoms with Crippen molar-refractivity contribution in [1.29, 1.82) is 0 Å². The second-order valence-electron chi connectivity index (χ2n) is 4.17. The van der Waals surface area contributed by atoms with E-state index in [-0.39, 0.29) is 6.04 Å². The van der Waals surface area contributed by atoms with Gasteiger partial charge in [0.1, 0.15) is 6.17 Å². The minimum absolute atomic E-state index is 0.210. The first-order valence-electron chi connectivity index (χ1n) is 5.47. The van der Waals surface area contributed by atoms with Crippen LogP contribution in [-0.2, 0) is 0 Å². The molecule has 1 N–H and O–H groups in total. The lowest BCUT2D eigenvalue weighted by atomic mass is 10.00. The Bertz CT molecular complexity index is 157. The zero-order chi connectivity index (χ0) is 9.10.